The lowest BCUT2D eigenvalue weighted by molar-refractivity contribution is 0.406. The van der Waals surface area contributed by atoms with Crippen LogP contribution in [0.4, 0.5) is 5.69 Å². The molecule has 3 aromatic carbocycles. The fourth-order valence-electron chi connectivity index (χ4n) is 4.05. The monoisotopic (exact) mass is 423 g/mol. The number of nitrogens with zero attached hydrogens (tertiary/aromatic N) is 3. The Hall–Kier alpha value is -3.11. The molecule has 0 fully saturated rings. The average Bonchev–Trinajstić information content (AvgIpc) is 2.76. The number of fused-ring (bicyclic) bond motifs is 2. The minimum absolute atomic E-state index is 0.803. The summed E-state index contributed by atoms with van der Waals surface area (Å²) in [6.45, 7) is 8.00. The summed E-state index contributed by atoms with van der Waals surface area (Å²) in [5.41, 5.74) is 8.31. The van der Waals surface area contributed by atoms with Gasteiger partial charge in [0, 0.05) is 24.0 Å². The van der Waals surface area contributed by atoms with Gasteiger partial charge in [-0.05, 0) is 61.4 Å². The number of para-hydroxylation sites is 1. The zero-order valence-electron chi connectivity index (χ0n) is 18.1. The van der Waals surface area contributed by atoms with Crippen LogP contribution in [0.2, 0.25) is 0 Å². The molecule has 2 heterocycles. The summed E-state index contributed by atoms with van der Waals surface area (Å²) in [6, 6.07) is 25.7. The summed E-state index contributed by atoms with van der Waals surface area (Å²) >= 11 is 1.68. The fraction of sp³-hybridized carbons (Fsp3) is 0.185. The van der Waals surface area contributed by atoms with E-state index in [9.17, 15) is 0 Å². The van der Waals surface area contributed by atoms with Crippen LogP contribution in [0.1, 0.15) is 27.8 Å². The zero-order chi connectivity index (χ0) is 21.4. The van der Waals surface area contributed by atoms with Crippen molar-refractivity contribution in [3.8, 4) is 0 Å². The zero-order valence-corrected chi connectivity index (χ0v) is 18.9. The lowest BCUT2D eigenvalue weighted by atomic mass is 10.1. The number of aromatic nitrogens is 1. The molecule has 0 amide bonds. The van der Waals surface area contributed by atoms with Gasteiger partial charge < -0.3 is 4.90 Å². The van der Waals surface area contributed by atoms with Gasteiger partial charge in [0.15, 0.2) is 5.17 Å². The van der Waals surface area contributed by atoms with Gasteiger partial charge in [-0.3, -0.25) is 0 Å². The topological polar surface area (TPSA) is 28.5 Å². The first-order valence-corrected chi connectivity index (χ1v) is 11.4. The Bertz CT molecular complexity index is 1290. The van der Waals surface area contributed by atoms with E-state index in [2.05, 4.69) is 98.5 Å². The van der Waals surface area contributed by atoms with Crippen molar-refractivity contribution in [2.45, 2.75) is 38.9 Å². The van der Waals surface area contributed by atoms with E-state index in [1.54, 1.807) is 11.8 Å². The van der Waals surface area contributed by atoms with Crippen LogP contribution in [0, 0.1) is 20.8 Å². The van der Waals surface area contributed by atoms with Gasteiger partial charge in [0.05, 0.1) is 11.2 Å². The molecule has 1 aromatic heterocycles. The molecule has 1 aliphatic heterocycles. The van der Waals surface area contributed by atoms with Gasteiger partial charge in [-0.1, -0.05) is 66.2 Å². The summed E-state index contributed by atoms with van der Waals surface area (Å²) in [7, 11) is 0. The molecule has 0 bridgehead atoms. The molecule has 154 valence electrons. The molecule has 0 spiro atoms. The number of hydrogen-bond donors (Lipinski definition) is 0. The van der Waals surface area contributed by atoms with Gasteiger partial charge in [0.1, 0.15) is 5.03 Å². The summed E-state index contributed by atoms with van der Waals surface area (Å²) < 4.78 is 0. The Morgan fingerprint density at radius 2 is 1.74 bits per heavy atom. The number of aryl methyl sites for hydroxylation is 3. The van der Waals surface area contributed by atoms with E-state index >= 15 is 0 Å². The largest absolute Gasteiger partial charge is 0.342 e. The van der Waals surface area contributed by atoms with Crippen molar-refractivity contribution in [2.75, 3.05) is 0 Å². The molecular formula is C27H25N3S. The number of aliphatic imine (C=N–C) groups is 1. The van der Waals surface area contributed by atoms with Crippen LogP contribution in [-0.2, 0) is 13.1 Å². The molecule has 5 rings (SSSR count). The smallest absolute Gasteiger partial charge is 0.171 e. The quantitative estimate of drug-likeness (QED) is 0.357. The highest BCUT2D eigenvalue weighted by Gasteiger charge is 2.25. The van der Waals surface area contributed by atoms with Gasteiger partial charge >= 0.3 is 0 Å². The second-order valence-electron chi connectivity index (χ2n) is 8.23. The molecule has 4 aromatic rings. The van der Waals surface area contributed by atoms with E-state index in [0.29, 0.717) is 0 Å². The lowest BCUT2D eigenvalue weighted by Gasteiger charge is -2.31. The first kappa shape index (κ1) is 19.8. The standard InChI is InChI=1S/C27H25N3S/c1-18-12-13-24(20(3)14-18)28-27-30(16-21-9-5-4-6-10-21)17-23-15-22-11-7-8-19(2)25(22)29-26(23)31-27/h4-15H,16-17H2,1-3H3. The maximum atomic E-state index is 5.10. The van der Waals surface area contributed by atoms with Crippen molar-refractivity contribution in [3.05, 3.63) is 101 Å². The normalized spacial score (nSPS) is 14.8. The van der Waals surface area contributed by atoms with Crippen molar-refractivity contribution >= 4 is 33.5 Å². The molecule has 1 aliphatic rings. The Balaban J connectivity index is 1.60. The van der Waals surface area contributed by atoms with Gasteiger partial charge in [-0.15, -0.1) is 0 Å². The minimum Gasteiger partial charge on any atom is -0.342 e. The predicted octanol–water partition coefficient (Wildman–Crippen LogP) is 6.96. The number of thioether (sulfide) groups is 1. The van der Waals surface area contributed by atoms with Crippen molar-refractivity contribution in [3.63, 3.8) is 0 Å². The molecule has 3 nitrogen and oxygen atoms in total. The molecule has 0 N–H and O–H groups in total. The number of amidine groups is 1. The number of pyridine rings is 1. The molecule has 0 atom stereocenters. The van der Waals surface area contributed by atoms with E-state index in [1.807, 2.05) is 0 Å². The van der Waals surface area contributed by atoms with Crippen LogP contribution in [0.5, 0.6) is 0 Å². The first-order chi connectivity index (χ1) is 15.1. The third-order valence-electron chi connectivity index (χ3n) is 5.69. The van der Waals surface area contributed by atoms with Gasteiger partial charge in [0.25, 0.3) is 0 Å². The van der Waals surface area contributed by atoms with E-state index < -0.39 is 0 Å². The number of benzene rings is 3. The minimum atomic E-state index is 0.803. The number of rotatable bonds is 3. The van der Waals surface area contributed by atoms with Crippen LogP contribution in [0.15, 0.2) is 82.8 Å². The highest BCUT2D eigenvalue weighted by atomic mass is 32.2. The fourth-order valence-corrected chi connectivity index (χ4v) is 5.02. The van der Waals surface area contributed by atoms with Crippen molar-refractivity contribution in [1.29, 1.82) is 0 Å². The summed E-state index contributed by atoms with van der Waals surface area (Å²) in [4.78, 5) is 12.5. The Morgan fingerprint density at radius 1 is 0.903 bits per heavy atom. The van der Waals surface area contributed by atoms with Crippen molar-refractivity contribution in [2.24, 2.45) is 4.99 Å². The third kappa shape index (κ3) is 4.08. The Kier molecular flexibility index (Phi) is 5.24. The number of hydrogen-bond acceptors (Lipinski definition) is 3. The van der Waals surface area contributed by atoms with Gasteiger partial charge in [-0.25, -0.2) is 9.98 Å². The van der Waals surface area contributed by atoms with Gasteiger partial charge in [0.2, 0.25) is 0 Å². The maximum absolute atomic E-state index is 5.10. The van der Waals surface area contributed by atoms with Crippen LogP contribution < -0.4 is 0 Å². The van der Waals surface area contributed by atoms with E-state index in [-0.39, 0.29) is 0 Å². The van der Waals surface area contributed by atoms with Gasteiger partial charge in [-0.2, -0.15) is 0 Å². The predicted molar refractivity (Wildman–Crippen MR) is 131 cm³/mol. The Labute approximate surface area is 187 Å². The molecule has 31 heavy (non-hydrogen) atoms. The molecule has 0 saturated heterocycles. The molecule has 0 radical (unpaired) electrons. The SMILES string of the molecule is Cc1ccc(N=C2Sc3nc4c(C)cccc4cc3CN2Cc2ccccc2)c(C)c1. The van der Waals surface area contributed by atoms with E-state index in [0.717, 1.165) is 34.5 Å². The van der Waals surface area contributed by atoms with E-state index in [4.69, 9.17) is 9.98 Å². The summed E-state index contributed by atoms with van der Waals surface area (Å²) in [6.07, 6.45) is 0. The molecule has 0 unspecified atom stereocenters. The second-order valence-corrected chi connectivity index (χ2v) is 9.18. The van der Waals surface area contributed by atoms with Crippen molar-refractivity contribution in [1.82, 2.24) is 9.88 Å². The van der Waals surface area contributed by atoms with Crippen LogP contribution in [-0.4, -0.2) is 15.1 Å². The average molecular weight is 424 g/mol. The van der Waals surface area contributed by atoms with E-state index in [1.165, 1.54) is 33.2 Å². The molecular weight excluding hydrogens is 398 g/mol. The highest BCUT2D eigenvalue weighted by molar-refractivity contribution is 8.13. The molecule has 0 aliphatic carbocycles. The maximum Gasteiger partial charge on any atom is 0.171 e. The third-order valence-corrected chi connectivity index (χ3v) is 6.77. The second kappa shape index (κ2) is 8.20. The first-order valence-electron chi connectivity index (χ1n) is 10.6. The van der Waals surface area contributed by atoms with Crippen molar-refractivity contribution < 1.29 is 0 Å². The van der Waals surface area contributed by atoms with Crippen LogP contribution in [0.25, 0.3) is 10.9 Å². The lowest BCUT2D eigenvalue weighted by Crippen LogP contribution is -2.31. The summed E-state index contributed by atoms with van der Waals surface area (Å²) in [5.74, 6) is 0. The van der Waals surface area contributed by atoms with Crippen LogP contribution in [0.3, 0.4) is 0 Å². The molecule has 4 heteroatoms. The highest BCUT2D eigenvalue weighted by Crippen LogP contribution is 2.36. The van der Waals surface area contributed by atoms with Crippen LogP contribution >= 0.6 is 11.8 Å². The Morgan fingerprint density at radius 3 is 2.55 bits per heavy atom. The molecule has 0 saturated carbocycles. The summed E-state index contributed by atoms with van der Waals surface area (Å²) in [5, 5.41) is 3.27.